The summed E-state index contributed by atoms with van der Waals surface area (Å²) in [5.74, 6) is -0.589. The van der Waals surface area contributed by atoms with Crippen molar-refractivity contribution < 1.29 is 14.3 Å². The average molecular weight is 325 g/mol. The van der Waals surface area contributed by atoms with E-state index >= 15 is 0 Å². The number of rotatable bonds is 4. The lowest BCUT2D eigenvalue weighted by atomic mass is 9.82. The van der Waals surface area contributed by atoms with Crippen LogP contribution in [-0.4, -0.2) is 19.0 Å². The van der Waals surface area contributed by atoms with Crippen molar-refractivity contribution in [1.82, 2.24) is 5.32 Å². The Morgan fingerprint density at radius 2 is 1.46 bits per heavy atom. The first kappa shape index (κ1) is 17.7. The number of esters is 1. The van der Waals surface area contributed by atoms with Crippen LogP contribution >= 0.6 is 0 Å². The first-order valence-corrected chi connectivity index (χ1v) is 7.87. The summed E-state index contributed by atoms with van der Waals surface area (Å²) in [5.41, 5.74) is 1.85. The van der Waals surface area contributed by atoms with E-state index in [1.807, 2.05) is 30.3 Å². The summed E-state index contributed by atoms with van der Waals surface area (Å²) in [4.78, 5) is 24.1. The SMILES string of the molecule is COC(=O)c1ccc(C(=O)N[C@@H](c2ccccc2)C(C)(C)C)cc1. The molecule has 0 aliphatic heterocycles. The summed E-state index contributed by atoms with van der Waals surface area (Å²) < 4.78 is 4.66. The van der Waals surface area contributed by atoms with E-state index in [1.54, 1.807) is 24.3 Å². The molecule has 0 saturated heterocycles. The Bertz CT molecular complexity index is 700. The number of hydrogen-bond acceptors (Lipinski definition) is 3. The maximum absolute atomic E-state index is 12.6. The van der Waals surface area contributed by atoms with Gasteiger partial charge in [0.15, 0.2) is 0 Å². The van der Waals surface area contributed by atoms with Crippen molar-refractivity contribution in [2.45, 2.75) is 26.8 Å². The normalized spacial score (nSPS) is 12.3. The number of benzene rings is 2. The van der Waals surface area contributed by atoms with Crippen LogP contribution in [0, 0.1) is 5.41 Å². The zero-order chi connectivity index (χ0) is 17.7. The lowest BCUT2D eigenvalue weighted by molar-refractivity contribution is 0.0600. The maximum Gasteiger partial charge on any atom is 0.337 e. The summed E-state index contributed by atoms with van der Waals surface area (Å²) in [6.07, 6.45) is 0. The van der Waals surface area contributed by atoms with Crippen LogP contribution in [-0.2, 0) is 4.74 Å². The summed E-state index contributed by atoms with van der Waals surface area (Å²) in [6, 6.07) is 16.2. The molecule has 0 bridgehead atoms. The molecule has 4 heteroatoms. The third-order valence-corrected chi connectivity index (χ3v) is 3.84. The Balaban J connectivity index is 2.21. The highest BCUT2D eigenvalue weighted by Gasteiger charge is 2.28. The molecule has 126 valence electrons. The Kier molecular flexibility index (Phi) is 5.39. The van der Waals surface area contributed by atoms with Crippen molar-refractivity contribution in [2.75, 3.05) is 7.11 Å². The highest BCUT2D eigenvalue weighted by Crippen LogP contribution is 2.32. The van der Waals surface area contributed by atoms with Crippen molar-refractivity contribution in [2.24, 2.45) is 5.41 Å². The molecule has 1 N–H and O–H groups in total. The van der Waals surface area contributed by atoms with Gasteiger partial charge >= 0.3 is 5.97 Å². The first-order valence-electron chi connectivity index (χ1n) is 7.87. The predicted octanol–water partition coefficient (Wildman–Crippen LogP) is 3.99. The molecule has 0 heterocycles. The van der Waals surface area contributed by atoms with Gasteiger partial charge in [-0.25, -0.2) is 4.79 Å². The minimum Gasteiger partial charge on any atom is -0.465 e. The van der Waals surface area contributed by atoms with Crippen LogP contribution in [0.25, 0.3) is 0 Å². The van der Waals surface area contributed by atoms with Crippen LogP contribution < -0.4 is 5.32 Å². The van der Waals surface area contributed by atoms with E-state index in [4.69, 9.17) is 0 Å². The number of hydrogen-bond donors (Lipinski definition) is 1. The summed E-state index contributed by atoms with van der Waals surface area (Å²) in [7, 11) is 1.33. The van der Waals surface area contributed by atoms with Gasteiger partial charge in [0, 0.05) is 5.56 Å². The van der Waals surface area contributed by atoms with Gasteiger partial charge in [0.2, 0.25) is 0 Å². The molecule has 1 amide bonds. The fourth-order valence-electron chi connectivity index (χ4n) is 2.54. The fourth-order valence-corrected chi connectivity index (χ4v) is 2.54. The third-order valence-electron chi connectivity index (χ3n) is 3.84. The molecule has 0 aromatic heterocycles. The van der Waals surface area contributed by atoms with E-state index in [-0.39, 0.29) is 17.4 Å². The summed E-state index contributed by atoms with van der Waals surface area (Å²) in [6.45, 7) is 6.27. The lowest BCUT2D eigenvalue weighted by Crippen LogP contribution is -2.36. The molecule has 0 fully saturated rings. The van der Waals surface area contributed by atoms with Crippen molar-refractivity contribution in [3.05, 3.63) is 71.3 Å². The molecule has 2 rings (SSSR count). The van der Waals surface area contributed by atoms with Gasteiger partial charge in [-0.2, -0.15) is 0 Å². The minimum atomic E-state index is -0.418. The van der Waals surface area contributed by atoms with E-state index < -0.39 is 5.97 Å². The second-order valence-corrected chi connectivity index (χ2v) is 6.75. The molecule has 0 spiro atoms. The van der Waals surface area contributed by atoms with Crippen molar-refractivity contribution in [3.8, 4) is 0 Å². The van der Waals surface area contributed by atoms with E-state index in [9.17, 15) is 9.59 Å². The van der Waals surface area contributed by atoms with Crippen molar-refractivity contribution in [3.63, 3.8) is 0 Å². The molecule has 0 aliphatic rings. The van der Waals surface area contributed by atoms with Gasteiger partial charge < -0.3 is 10.1 Å². The summed E-state index contributed by atoms with van der Waals surface area (Å²) in [5, 5.41) is 3.10. The number of ether oxygens (including phenoxy) is 1. The lowest BCUT2D eigenvalue weighted by Gasteiger charge is -2.32. The zero-order valence-electron chi connectivity index (χ0n) is 14.5. The number of methoxy groups -OCH3 is 1. The molecule has 0 saturated carbocycles. The minimum absolute atomic E-state index is 0.119. The smallest absolute Gasteiger partial charge is 0.337 e. The van der Waals surface area contributed by atoms with Gasteiger partial charge in [0.05, 0.1) is 18.7 Å². The average Bonchev–Trinajstić information content (AvgIpc) is 2.58. The zero-order valence-corrected chi connectivity index (χ0v) is 14.5. The fraction of sp³-hybridized carbons (Fsp3) is 0.300. The highest BCUT2D eigenvalue weighted by molar-refractivity contribution is 5.96. The van der Waals surface area contributed by atoms with Gasteiger partial charge in [0.25, 0.3) is 5.91 Å². The van der Waals surface area contributed by atoms with Gasteiger partial charge in [-0.1, -0.05) is 51.1 Å². The molecule has 0 radical (unpaired) electrons. The van der Waals surface area contributed by atoms with Crippen LogP contribution in [0.5, 0.6) is 0 Å². The van der Waals surface area contributed by atoms with Gasteiger partial charge in [-0.3, -0.25) is 4.79 Å². The van der Waals surface area contributed by atoms with Gasteiger partial charge in [-0.05, 0) is 35.2 Å². The standard InChI is InChI=1S/C20H23NO3/c1-20(2,3)17(14-8-6-5-7-9-14)21-18(22)15-10-12-16(13-11-15)19(23)24-4/h5-13,17H,1-4H3,(H,21,22)/t17-/m0/s1. The largest absolute Gasteiger partial charge is 0.465 e. The molecule has 1 atom stereocenters. The Labute approximate surface area is 142 Å². The topological polar surface area (TPSA) is 55.4 Å². The Hall–Kier alpha value is -2.62. The first-order chi connectivity index (χ1) is 11.3. The van der Waals surface area contributed by atoms with E-state index in [2.05, 4.69) is 30.8 Å². The predicted molar refractivity (Wildman–Crippen MR) is 93.9 cm³/mol. The van der Waals surface area contributed by atoms with E-state index in [0.29, 0.717) is 11.1 Å². The number of nitrogens with one attached hydrogen (secondary N) is 1. The molecule has 0 unspecified atom stereocenters. The highest BCUT2D eigenvalue weighted by atomic mass is 16.5. The van der Waals surface area contributed by atoms with Gasteiger partial charge in [0.1, 0.15) is 0 Å². The van der Waals surface area contributed by atoms with Crippen LogP contribution in [0.3, 0.4) is 0 Å². The van der Waals surface area contributed by atoms with Crippen molar-refractivity contribution in [1.29, 1.82) is 0 Å². The quantitative estimate of drug-likeness (QED) is 0.865. The third kappa shape index (κ3) is 4.22. The van der Waals surface area contributed by atoms with Gasteiger partial charge in [-0.15, -0.1) is 0 Å². The second kappa shape index (κ2) is 7.30. The molecular formula is C20H23NO3. The van der Waals surface area contributed by atoms with Crippen LogP contribution in [0.15, 0.2) is 54.6 Å². The summed E-state index contributed by atoms with van der Waals surface area (Å²) >= 11 is 0. The molecular weight excluding hydrogens is 302 g/mol. The second-order valence-electron chi connectivity index (χ2n) is 6.75. The van der Waals surface area contributed by atoms with Crippen molar-refractivity contribution >= 4 is 11.9 Å². The number of carbonyl (C=O) groups excluding carboxylic acids is 2. The van der Waals surface area contributed by atoms with E-state index in [1.165, 1.54) is 7.11 Å². The molecule has 24 heavy (non-hydrogen) atoms. The van der Waals surface area contributed by atoms with Crippen LogP contribution in [0.2, 0.25) is 0 Å². The van der Waals surface area contributed by atoms with Crippen LogP contribution in [0.4, 0.5) is 0 Å². The molecule has 0 aliphatic carbocycles. The maximum atomic E-state index is 12.6. The molecule has 2 aromatic carbocycles. The number of amides is 1. The molecule has 2 aromatic rings. The Morgan fingerprint density at radius 3 is 1.96 bits per heavy atom. The molecule has 4 nitrogen and oxygen atoms in total. The number of carbonyl (C=O) groups is 2. The van der Waals surface area contributed by atoms with Crippen LogP contribution in [0.1, 0.15) is 53.1 Å². The Morgan fingerprint density at radius 1 is 0.917 bits per heavy atom. The van der Waals surface area contributed by atoms with E-state index in [0.717, 1.165) is 5.56 Å². The monoisotopic (exact) mass is 325 g/mol.